The summed E-state index contributed by atoms with van der Waals surface area (Å²) < 4.78 is 0. The van der Waals surface area contributed by atoms with Crippen molar-refractivity contribution in [1.29, 1.82) is 0 Å². The van der Waals surface area contributed by atoms with Crippen LogP contribution in [-0.2, 0) is 6.42 Å². The summed E-state index contributed by atoms with van der Waals surface area (Å²) in [5.74, 6) is 1.57. The number of carbonyl (C=O) groups is 1. The Bertz CT molecular complexity index is 459. The molecule has 1 aliphatic carbocycles. The normalized spacial score (nSPS) is 30.8. The molecule has 3 rings (SSSR count). The minimum absolute atomic E-state index is 0.118. The monoisotopic (exact) mass is 250 g/mol. The van der Waals surface area contributed by atoms with Gasteiger partial charge in [-0.15, -0.1) is 5.10 Å². The number of amides is 1. The van der Waals surface area contributed by atoms with Crippen LogP contribution in [0.25, 0.3) is 0 Å². The average molecular weight is 250 g/mol. The van der Waals surface area contributed by atoms with Gasteiger partial charge in [-0.05, 0) is 18.8 Å². The zero-order valence-corrected chi connectivity index (χ0v) is 10.5. The molecule has 0 spiro atoms. The maximum absolute atomic E-state index is 12.2. The van der Waals surface area contributed by atoms with Gasteiger partial charge in [0.25, 0.3) is 5.91 Å². The van der Waals surface area contributed by atoms with Gasteiger partial charge in [0, 0.05) is 25.4 Å². The maximum atomic E-state index is 12.2. The fraction of sp³-hybridized carbons (Fsp3) is 0.750. The molecule has 98 valence electrons. The van der Waals surface area contributed by atoms with Crippen LogP contribution in [0.3, 0.4) is 0 Å². The van der Waals surface area contributed by atoms with Crippen molar-refractivity contribution in [2.45, 2.75) is 32.3 Å². The van der Waals surface area contributed by atoms with Crippen molar-refractivity contribution in [3.63, 3.8) is 0 Å². The quantitative estimate of drug-likeness (QED) is 0.786. The smallest absolute Gasteiger partial charge is 0.293 e. The first-order chi connectivity index (χ1) is 8.69. The fourth-order valence-corrected chi connectivity index (χ4v) is 3.09. The van der Waals surface area contributed by atoms with Crippen LogP contribution in [0, 0.1) is 11.8 Å². The highest BCUT2D eigenvalue weighted by atomic mass is 16.3. The van der Waals surface area contributed by atoms with Gasteiger partial charge in [0.2, 0.25) is 5.82 Å². The van der Waals surface area contributed by atoms with E-state index in [4.69, 9.17) is 0 Å². The van der Waals surface area contributed by atoms with Crippen LogP contribution < -0.4 is 0 Å². The van der Waals surface area contributed by atoms with Gasteiger partial charge in [0.05, 0.1) is 6.10 Å². The Kier molecular flexibility index (Phi) is 2.81. The molecule has 18 heavy (non-hydrogen) atoms. The molecular weight excluding hydrogens is 232 g/mol. The number of H-pyrrole nitrogens is 1. The lowest BCUT2D eigenvalue weighted by Crippen LogP contribution is -2.31. The first-order valence-electron chi connectivity index (χ1n) is 6.57. The number of aromatic amines is 1. The number of carbonyl (C=O) groups excluding carboxylic acids is 1. The molecule has 3 unspecified atom stereocenters. The van der Waals surface area contributed by atoms with Crippen molar-refractivity contribution < 1.29 is 9.90 Å². The van der Waals surface area contributed by atoms with E-state index in [1.165, 1.54) is 0 Å². The summed E-state index contributed by atoms with van der Waals surface area (Å²) in [5, 5.41) is 16.6. The van der Waals surface area contributed by atoms with Crippen molar-refractivity contribution in [3.05, 3.63) is 11.6 Å². The lowest BCUT2D eigenvalue weighted by atomic mass is 10.00. The first kappa shape index (κ1) is 11.6. The van der Waals surface area contributed by atoms with Crippen LogP contribution in [0.15, 0.2) is 0 Å². The molecule has 1 aromatic rings. The molecule has 2 aliphatic rings. The number of hydrogen-bond acceptors (Lipinski definition) is 4. The van der Waals surface area contributed by atoms with Crippen molar-refractivity contribution in [2.24, 2.45) is 11.8 Å². The van der Waals surface area contributed by atoms with Crippen LogP contribution in [-0.4, -0.2) is 50.3 Å². The van der Waals surface area contributed by atoms with Gasteiger partial charge in [-0.3, -0.25) is 9.89 Å². The molecule has 2 heterocycles. The van der Waals surface area contributed by atoms with Gasteiger partial charge >= 0.3 is 0 Å². The number of hydrogen-bond donors (Lipinski definition) is 2. The van der Waals surface area contributed by atoms with E-state index >= 15 is 0 Å². The molecule has 0 radical (unpaired) electrons. The molecule has 2 fully saturated rings. The third-order valence-electron chi connectivity index (χ3n) is 4.16. The van der Waals surface area contributed by atoms with Crippen molar-refractivity contribution >= 4 is 5.91 Å². The molecule has 0 aromatic carbocycles. The van der Waals surface area contributed by atoms with Gasteiger partial charge in [-0.25, -0.2) is 4.98 Å². The van der Waals surface area contributed by atoms with E-state index in [2.05, 4.69) is 15.2 Å². The van der Waals surface area contributed by atoms with Crippen LogP contribution in [0.5, 0.6) is 0 Å². The molecule has 1 amide bonds. The highest BCUT2D eigenvalue weighted by Crippen LogP contribution is 2.38. The van der Waals surface area contributed by atoms with Crippen LogP contribution in [0.2, 0.25) is 0 Å². The Hall–Kier alpha value is -1.43. The maximum Gasteiger partial charge on any atom is 0.293 e. The third kappa shape index (κ3) is 1.80. The summed E-state index contributed by atoms with van der Waals surface area (Å²) in [6.07, 6.45) is 2.39. The lowest BCUT2D eigenvalue weighted by molar-refractivity contribution is 0.0741. The van der Waals surface area contributed by atoms with E-state index in [9.17, 15) is 9.90 Å². The topological polar surface area (TPSA) is 82.1 Å². The molecule has 1 saturated carbocycles. The second-order valence-corrected chi connectivity index (χ2v) is 5.24. The minimum Gasteiger partial charge on any atom is -0.393 e. The summed E-state index contributed by atoms with van der Waals surface area (Å²) in [4.78, 5) is 18.2. The van der Waals surface area contributed by atoms with Crippen LogP contribution >= 0.6 is 0 Å². The zero-order valence-electron chi connectivity index (χ0n) is 10.5. The second-order valence-electron chi connectivity index (χ2n) is 5.24. The van der Waals surface area contributed by atoms with Gasteiger partial charge in [-0.2, -0.15) is 0 Å². The number of aliphatic hydroxyl groups is 1. The number of likely N-dealkylation sites (tertiary alicyclic amines) is 1. The number of nitrogens with zero attached hydrogens (tertiary/aromatic N) is 3. The van der Waals surface area contributed by atoms with Crippen LogP contribution in [0.1, 0.15) is 36.2 Å². The Morgan fingerprint density at radius 1 is 1.50 bits per heavy atom. The Morgan fingerprint density at radius 3 is 3.00 bits per heavy atom. The minimum atomic E-state index is -0.244. The van der Waals surface area contributed by atoms with Gasteiger partial charge in [0.15, 0.2) is 0 Å². The Labute approximate surface area is 105 Å². The number of aryl methyl sites for hydroxylation is 1. The lowest BCUT2D eigenvalue weighted by Gasteiger charge is -2.16. The zero-order chi connectivity index (χ0) is 12.7. The predicted octanol–water partition coefficient (Wildman–Crippen LogP) is 0.210. The molecule has 1 saturated heterocycles. The van der Waals surface area contributed by atoms with Crippen molar-refractivity contribution in [2.75, 3.05) is 13.1 Å². The van der Waals surface area contributed by atoms with E-state index in [1.807, 2.05) is 6.92 Å². The molecule has 1 aromatic heterocycles. The molecular formula is C12H18N4O2. The summed E-state index contributed by atoms with van der Waals surface area (Å²) >= 11 is 0. The van der Waals surface area contributed by atoms with Crippen molar-refractivity contribution in [3.8, 4) is 0 Å². The number of aromatic nitrogens is 3. The Balaban J connectivity index is 1.71. The highest BCUT2D eigenvalue weighted by molar-refractivity contribution is 5.90. The number of aliphatic hydroxyl groups excluding tert-OH is 1. The molecule has 2 N–H and O–H groups in total. The summed E-state index contributed by atoms with van der Waals surface area (Å²) in [6, 6.07) is 0. The molecule has 6 heteroatoms. The van der Waals surface area contributed by atoms with Gasteiger partial charge in [0.1, 0.15) is 5.82 Å². The predicted molar refractivity (Wildman–Crippen MR) is 63.9 cm³/mol. The van der Waals surface area contributed by atoms with Gasteiger partial charge < -0.3 is 10.0 Å². The second kappa shape index (κ2) is 4.35. The number of nitrogens with one attached hydrogen (secondary N) is 1. The van der Waals surface area contributed by atoms with Crippen molar-refractivity contribution in [1.82, 2.24) is 20.1 Å². The SMILES string of the molecule is CCc1nc(C(=O)N2CC3CCC(O)C3C2)n[nH]1. The highest BCUT2D eigenvalue weighted by Gasteiger charge is 2.43. The molecule has 3 atom stereocenters. The average Bonchev–Trinajstić information content (AvgIpc) is 3.06. The first-order valence-corrected chi connectivity index (χ1v) is 6.57. The van der Waals surface area contributed by atoms with Gasteiger partial charge in [-0.1, -0.05) is 6.92 Å². The van der Waals surface area contributed by atoms with E-state index in [-0.39, 0.29) is 23.8 Å². The molecule has 0 bridgehead atoms. The third-order valence-corrected chi connectivity index (χ3v) is 4.16. The summed E-state index contributed by atoms with van der Waals surface area (Å²) in [6.45, 7) is 3.34. The largest absolute Gasteiger partial charge is 0.393 e. The molecule has 1 aliphatic heterocycles. The standard InChI is InChI=1S/C12H18N4O2/c1-2-10-13-11(15-14-10)12(18)16-5-7-3-4-9(17)8(7)6-16/h7-9,17H,2-6H2,1H3,(H,13,14,15). The van der Waals surface area contributed by atoms with Crippen LogP contribution in [0.4, 0.5) is 0 Å². The van der Waals surface area contributed by atoms with E-state index in [1.54, 1.807) is 4.90 Å². The molecule has 6 nitrogen and oxygen atoms in total. The van der Waals surface area contributed by atoms with E-state index in [0.29, 0.717) is 12.5 Å². The number of rotatable bonds is 2. The number of fused-ring (bicyclic) bond motifs is 1. The summed E-state index contributed by atoms with van der Waals surface area (Å²) in [5.41, 5.74) is 0. The van der Waals surface area contributed by atoms with E-state index < -0.39 is 0 Å². The van der Waals surface area contributed by atoms with E-state index in [0.717, 1.165) is 31.6 Å². The summed E-state index contributed by atoms with van der Waals surface area (Å²) in [7, 11) is 0. The fourth-order valence-electron chi connectivity index (χ4n) is 3.09. The Morgan fingerprint density at radius 2 is 2.33 bits per heavy atom.